The minimum Gasteiger partial charge on any atom is -0.494 e. The molecule has 1 aromatic heterocycles. The number of rotatable bonds is 7. The van der Waals surface area contributed by atoms with E-state index in [0.29, 0.717) is 18.0 Å². The Bertz CT molecular complexity index is 575. The molecule has 5 nitrogen and oxygen atoms in total. The lowest BCUT2D eigenvalue weighted by Crippen LogP contribution is -2.12. The van der Waals surface area contributed by atoms with Crippen LogP contribution in [0.4, 0.5) is 5.82 Å². The number of carbonyl (C=O) groups is 1. The van der Waals surface area contributed by atoms with Gasteiger partial charge in [0.15, 0.2) is 5.82 Å². The summed E-state index contributed by atoms with van der Waals surface area (Å²) in [5.41, 5.74) is 1.57. The van der Waals surface area contributed by atoms with E-state index in [4.69, 9.17) is 4.74 Å². The van der Waals surface area contributed by atoms with E-state index in [9.17, 15) is 4.79 Å². The second-order valence-electron chi connectivity index (χ2n) is 4.81. The maximum absolute atomic E-state index is 12.1. The van der Waals surface area contributed by atoms with Gasteiger partial charge < -0.3 is 10.1 Å². The molecule has 0 aliphatic rings. The molecule has 0 bridgehead atoms. The highest BCUT2D eigenvalue weighted by Gasteiger charge is 2.08. The van der Waals surface area contributed by atoms with Gasteiger partial charge in [-0.25, -0.2) is 0 Å². The van der Waals surface area contributed by atoms with Crippen molar-refractivity contribution in [3.63, 3.8) is 0 Å². The molecule has 0 atom stereocenters. The Hall–Kier alpha value is -2.30. The zero-order chi connectivity index (χ0) is 15.1. The van der Waals surface area contributed by atoms with E-state index in [1.807, 2.05) is 25.1 Å². The Morgan fingerprint density at radius 2 is 2.05 bits per heavy atom. The van der Waals surface area contributed by atoms with E-state index < -0.39 is 0 Å². The van der Waals surface area contributed by atoms with E-state index in [1.165, 1.54) is 0 Å². The zero-order valence-corrected chi connectivity index (χ0v) is 12.5. The van der Waals surface area contributed by atoms with Crippen LogP contribution in [0.5, 0.6) is 5.75 Å². The number of aryl methyl sites for hydroxylation is 1. The Kier molecular flexibility index (Phi) is 5.37. The molecule has 0 radical (unpaired) electrons. The van der Waals surface area contributed by atoms with Gasteiger partial charge in [-0.1, -0.05) is 20.3 Å². The van der Waals surface area contributed by atoms with E-state index in [2.05, 4.69) is 22.4 Å². The number of benzene rings is 1. The van der Waals surface area contributed by atoms with Crippen LogP contribution in [0.3, 0.4) is 0 Å². The molecule has 1 heterocycles. The molecule has 0 spiro atoms. The zero-order valence-electron chi connectivity index (χ0n) is 12.5. The fourth-order valence-electron chi connectivity index (χ4n) is 1.83. The number of anilines is 1. The van der Waals surface area contributed by atoms with Crippen molar-refractivity contribution in [2.45, 2.75) is 33.1 Å². The lowest BCUT2D eigenvalue weighted by Gasteiger charge is -2.06. The SMILES string of the molecule is CCCCOc1ccc(C(=O)Nc2cc(CC)[nH]n2)cc1. The molecule has 0 aliphatic heterocycles. The maximum Gasteiger partial charge on any atom is 0.256 e. The fourth-order valence-corrected chi connectivity index (χ4v) is 1.83. The molecule has 0 fully saturated rings. The van der Waals surface area contributed by atoms with Crippen molar-refractivity contribution in [2.75, 3.05) is 11.9 Å². The van der Waals surface area contributed by atoms with Crippen molar-refractivity contribution >= 4 is 11.7 Å². The van der Waals surface area contributed by atoms with Gasteiger partial charge in [0.25, 0.3) is 5.91 Å². The molecule has 0 unspecified atom stereocenters. The highest BCUT2D eigenvalue weighted by molar-refractivity contribution is 6.03. The summed E-state index contributed by atoms with van der Waals surface area (Å²) in [6, 6.07) is 8.97. The first-order valence-corrected chi connectivity index (χ1v) is 7.31. The summed E-state index contributed by atoms with van der Waals surface area (Å²) in [6.45, 7) is 4.85. The Balaban J connectivity index is 1.93. The average molecular weight is 287 g/mol. The first-order chi connectivity index (χ1) is 10.2. The van der Waals surface area contributed by atoms with Gasteiger partial charge in [0.05, 0.1) is 6.61 Å². The summed E-state index contributed by atoms with van der Waals surface area (Å²) in [5.74, 6) is 1.15. The standard InChI is InChI=1S/C16H21N3O2/c1-3-5-10-21-14-8-6-12(7-9-14)16(20)17-15-11-13(4-2)18-19-15/h6-9,11H,3-5,10H2,1-2H3,(H2,17,18,19,20). The third kappa shape index (κ3) is 4.34. The van der Waals surface area contributed by atoms with Crippen LogP contribution in [0, 0.1) is 0 Å². The predicted molar refractivity (Wildman–Crippen MR) is 82.8 cm³/mol. The topological polar surface area (TPSA) is 67.0 Å². The Morgan fingerprint density at radius 3 is 2.67 bits per heavy atom. The van der Waals surface area contributed by atoms with Crippen molar-refractivity contribution in [2.24, 2.45) is 0 Å². The summed E-state index contributed by atoms with van der Waals surface area (Å²) in [7, 11) is 0. The number of ether oxygens (including phenoxy) is 1. The second kappa shape index (κ2) is 7.47. The van der Waals surface area contributed by atoms with Gasteiger partial charge in [0.1, 0.15) is 5.75 Å². The largest absolute Gasteiger partial charge is 0.494 e. The molecular weight excluding hydrogens is 266 g/mol. The first-order valence-electron chi connectivity index (χ1n) is 7.31. The molecule has 2 aromatic rings. The van der Waals surface area contributed by atoms with Gasteiger partial charge >= 0.3 is 0 Å². The fraction of sp³-hybridized carbons (Fsp3) is 0.375. The number of hydrogen-bond acceptors (Lipinski definition) is 3. The van der Waals surface area contributed by atoms with E-state index in [1.54, 1.807) is 12.1 Å². The monoisotopic (exact) mass is 287 g/mol. The second-order valence-corrected chi connectivity index (χ2v) is 4.81. The molecule has 2 rings (SSSR count). The number of unbranched alkanes of at least 4 members (excludes halogenated alkanes) is 1. The van der Waals surface area contributed by atoms with Crippen LogP contribution in [0.1, 0.15) is 42.7 Å². The molecule has 5 heteroatoms. The van der Waals surface area contributed by atoms with Crippen molar-refractivity contribution in [3.8, 4) is 5.75 Å². The Morgan fingerprint density at radius 1 is 1.29 bits per heavy atom. The van der Waals surface area contributed by atoms with Crippen LogP contribution in [-0.4, -0.2) is 22.7 Å². The Labute approximate surface area is 124 Å². The number of nitrogens with one attached hydrogen (secondary N) is 2. The number of amides is 1. The molecule has 1 amide bonds. The molecule has 0 saturated carbocycles. The molecular formula is C16H21N3O2. The number of aromatic nitrogens is 2. The quantitative estimate of drug-likeness (QED) is 0.767. The van der Waals surface area contributed by atoms with Crippen molar-refractivity contribution in [3.05, 3.63) is 41.6 Å². The van der Waals surface area contributed by atoms with E-state index in [0.717, 1.165) is 30.7 Å². The van der Waals surface area contributed by atoms with Gasteiger partial charge in [0, 0.05) is 17.3 Å². The lowest BCUT2D eigenvalue weighted by molar-refractivity contribution is 0.102. The third-order valence-electron chi connectivity index (χ3n) is 3.14. The molecule has 21 heavy (non-hydrogen) atoms. The highest BCUT2D eigenvalue weighted by atomic mass is 16.5. The van der Waals surface area contributed by atoms with Crippen LogP contribution >= 0.6 is 0 Å². The van der Waals surface area contributed by atoms with Crippen molar-refractivity contribution in [1.82, 2.24) is 10.2 Å². The van der Waals surface area contributed by atoms with Crippen molar-refractivity contribution < 1.29 is 9.53 Å². The lowest BCUT2D eigenvalue weighted by atomic mass is 10.2. The number of carbonyl (C=O) groups excluding carboxylic acids is 1. The van der Waals surface area contributed by atoms with Gasteiger partial charge in [-0.15, -0.1) is 0 Å². The molecule has 0 aliphatic carbocycles. The average Bonchev–Trinajstić information content (AvgIpc) is 2.96. The minimum absolute atomic E-state index is 0.177. The van der Waals surface area contributed by atoms with Gasteiger partial charge in [0.2, 0.25) is 0 Å². The molecule has 1 aromatic carbocycles. The summed E-state index contributed by atoms with van der Waals surface area (Å²) in [4.78, 5) is 12.1. The first kappa shape index (κ1) is 15.1. The van der Waals surface area contributed by atoms with Crippen LogP contribution in [0.2, 0.25) is 0 Å². The molecule has 0 saturated heterocycles. The third-order valence-corrected chi connectivity index (χ3v) is 3.14. The molecule has 2 N–H and O–H groups in total. The molecule has 112 valence electrons. The number of hydrogen-bond donors (Lipinski definition) is 2. The summed E-state index contributed by atoms with van der Waals surface area (Å²) >= 11 is 0. The van der Waals surface area contributed by atoms with Crippen molar-refractivity contribution in [1.29, 1.82) is 0 Å². The number of aromatic amines is 1. The number of H-pyrrole nitrogens is 1. The van der Waals surface area contributed by atoms with E-state index in [-0.39, 0.29) is 5.91 Å². The van der Waals surface area contributed by atoms with Crippen LogP contribution in [0.25, 0.3) is 0 Å². The summed E-state index contributed by atoms with van der Waals surface area (Å²) in [5, 5.41) is 9.67. The van der Waals surface area contributed by atoms with E-state index >= 15 is 0 Å². The number of nitrogens with zero attached hydrogens (tertiary/aromatic N) is 1. The normalized spacial score (nSPS) is 10.4. The van der Waals surface area contributed by atoms with Gasteiger partial charge in [-0.05, 0) is 37.1 Å². The van der Waals surface area contributed by atoms with Gasteiger partial charge in [-0.3, -0.25) is 9.89 Å². The smallest absolute Gasteiger partial charge is 0.256 e. The summed E-state index contributed by atoms with van der Waals surface area (Å²) in [6.07, 6.45) is 2.98. The predicted octanol–water partition coefficient (Wildman–Crippen LogP) is 3.40. The highest BCUT2D eigenvalue weighted by Crippen LogP contribution is 2.14. The minimum atomic E-state index is -0.177. The van der Waals surface area contributed by atoms with Crippen LogP contribution in [-0.2, 0) is 6.42 Å². The maximum atomic E-state index is 12.1. The van der Waals surface area contributed by atoms with Crippen LogP contribution in [0.15, 0.2) is 30.3 Å². The van der Waals surface area contributed by atoms with Crippen LogP contribution < -0.4 is 10.1 Å². The summed E-state index contributed by atoms with van der Waals surface area (Å²) < 4.78 is 5.57. The van der Waals surface area contributed by atoms with Gasteiger partial charge in [-0.2, -0.15) is 5.10 Å².